The number of aromatic nitrogens is 1. The highest BCUT2D eigenvalue weighted by molar-refractivity contribution is 5.96. The molecule has 3 rings (SSSR count). The average molecular weight is 337 g/mol. The van der Waals surface area contributed by atoms with Crippen molar-refractivity contribution < 1.29 is 14.1 Å². The number of ether oxygens (including phenoxy) is 1. The van der Waals surface area contributed by atoms with Gasteiger partial charge in [-0.1, -0.05) is 35.5 Å². The Morgan fingerprint density at radius 2 is 1.84 bits per heavy atom. The van der Waals surface area contributed by atoms with E-state index in [2.05, 4.69) is 15.8 Å². The van der Waals surface area contributed by atoms with Crippen LogP contribution in [0.15, 0.2) is 65.2 Å². The van der Waals surface area contributed by atoms with Crippen LogP contribution < -0.4 is 15.4 Å². The van der Waals surface area contributed by atoms with E-state index in [0.717, 1.165) is 17.0 Å². The van der Waals surface area contributed by atoms with E-state index in [1.165, 1.54) is 0 Å². The Bertz CT molecular complexity index is 829. The van der Waals surface area contributed by atoms with E-state index in [-0.39, 0.29) is 5.91 Å². The average Bonchev–Trinajstić information content (AvgIpc) is 3.05. The molecule has 0 aliphatic carbocycles. The number of methoxy groups -OCH3 is 1. The van der Waals surface area contributed by atoms with Crippen LogP contribution in [0, 0.1) is 6.92 Å². The molecule has 1 aromatic heterocycles. The second kappa shape index (κ2) is 7.53. The highest BCUT2D eigenvalue weighted by Gasteiger charge is 2.21. The highest BCUT2D eigenvalue weighted by Crippen LogP contribution is 2.23. The fourth-order valence-corrected chi connectivity index (χ4v) is 2.42. The predicted octanol–water partition coefficient (Wildman–Crippen LogP) is 3.78. The smallest absolute Gasteiger partial charge is 0.252 e. The van der Waals surface area contributed by atoms with Crippen molar-refractivity contribution >= 4 is 17.4 Å². The number of carbonyl (C=O) groups excluding carboxylic acids is 1. The normalized spacial score (nSPS) is 11.6. The molecule has 0 aliphatic heterocycles. The third-order valence-corrected chi connectivity index (χ3v) is 3.68. The predicted molar refractivity (Wildman–Crippen MR) is 95.7 cm³/mol. The Kier molecular flexibility index (Phi) is 4.99. The maximum absolute atomic E-state index is 12.8. The largest absolute Gasteiger partial charge is 0.497 e. The summed E-state index contributed by atoms with van der Waals surface area (Å²) < 4.78 is 10.2. The number of carbonyl (C=O) groups is 1. The molecule has 0 saturated carbocycles. The monoisotopic (exact) mass is 337 g/mol. The molecule has 6 heteroatoms. The van der Waals surface area contributed by atoms with Gasteiger partial charge in [0.25, 0.3) is 5.91 Å². The molecule has 1 heterocycles. The molecule has 6 nitrogen and oxygen atoms in total. The summed E-state index contributed by atoms with van der Waals surface area (Å²) in [6.45, 7) is 1.77. The number of nitrogens with zero attached hydrogens (tertiary/aromatic N) is 1. The van der Waals surface area contributed by atoms with Crippen LogP contribution in [-0.2, 0) is 4.79 Å². The number of benzene rings is 2. The number of nitrogens with one attached hydrogen (secondary N) is 2. The Morgan fingerprint density at radius 1 is 1.12 bits per heavy atom. The van der Waals surface area contributed by atoms with Gasteiger partial charge in [-0.05, 0) is 36.8 Å². The van der Waals surface area contributed by atoms with Crippen LogP contribution in [0.1, 0.15) is 17.4 Å². The quantitative estimate of drug-likeness (QED) is 0.716. The lowest BCUT2D eigenvalue weighted by Gasteiger charge is -2.19. The number of rotatable bonds is 6. The van der Waals surface area contributed by atoms with Crippen LogP contribution in [-0.4, -0.2) is 18.2 Å². The molecule has 0 aliphatic rings. The molecule has 1 atom stereocenters. The number of anilines is 2. The molecule has 3 aromatic rings. The third kappa shape index (κ3) is 4.17. The second-order valence-electron chi connectivity index (χ2n) is 5.53. The Labute approximate surface area is 145 Å². The molecule has 0 spiro atoms. The first-order valence-electron chi connectivity index (χ1n) is 7.85. The van der Waals surface area contributed by atoms with E-state index in [9.17, 15) is 4.79 Å². The Morgan fingerprint density at radius 3 is 2.44 bits per heavy atom. The van der Waals surface area contributed by atoms with E-state index < -0.39 is 6.04 Å². The molecule has 0 bridgehead atoms. The zero-order valence-electron chi connectivity index (χ0n) is 14.0. The molecule has 1 amide bonds. The zero-order chi connectivity index (χ0) is 17.6. The van der Waals surface area contributed by atoms with Crippen molar-refractivity contribution in [3.05, 3.63) is 72.0 Å². The summed E-state index contributed by atoms with van der Waals surface area (Å²) in [4.78, 5) is 12.8. The molecule has 2 N–H and O–H groups in total. The number of hydrogen-bond acceptors (Lipinski definition) is 5. The zero-order valence-corrected chi connectivity index (χ0v) is 14.0. The first-order valence-corrected chi connectivity index (χ1v) is 7.85. The standard InChI is InChI=1S/C19H19N3O3/c1-13-12-17(22-25-13)21-19(23)18(14-6-4-3-5-7-14)20-15-8-10-16(24-2)11-9-15/h3-12,18,20H,1-2H3,(H,21,22,23). The van der Waals surface area contributed by atoms with E-state index in [4.69, 9.17) is 9.26 Å². The van der Waals surface area contributed by atoms with Gasteiger partial charge >= 0.3 is 0 Å². The SMILES string of the molecule is COc1ccc(NC(C(=O)Nc2cc(C)on2)c2ccccc2)cc1. The van der Waals surface area contributed by atoms with Crippen molar-refractivity contribution in [2.45, 2.75) is 13.0 Å². The summed E-state index contributed by atoms with van der Waals surface area (Å²) in [5.41, 5.74) is 1.65. The fourth-order valence-electron chi connectivity index (χ4n) is 2.42. The van der Waals surface area contributed by atoms with Crippen molar-refractivity contribution in [1.29, 1.82) is 0 Å². The first-order chi connectivity index (χ1) is 12.2. The highest BCUT2D eigenvalue weighted by atomic mass is 16.5. The van der Waals surface area contributed by atoms with Crippen molar-refractivity contribution in [3.63, 3.8) is 0 Å². The molecule has 0 radical (unpaired) electrons. The number of hydrogen-bond donors (Lipinski definition) is 2. The maximum atomic E-state index is 12.8. The van der Waals surface area contributed by atoms with Crippen LogP contribution in [0.25, 0.3) is 0 Å². The minimum absolute atomic E-state index is 0.227. The molecule has 1 unspecified atom stereocenters. The molecular weight excluding hydrogens is 318 g/mol. The van der Waals surface area contributed by atoms with E-state index >= 15 is 0 Å². The Hall–Kier alpha value is -3.28. The molecule has 2 aromatic carbocycles. The summed E-state index contributed by atoms with van der Waals surface area (Å²) in [5.74, 6) is 1.55. The fraction of sp³-hybridized carbons (Fsp3) is 0.158. The van der Waals surface area contributed by atoms with Crippen molar-refractivity contribution in [3.8, 4) is 5.75 Å². The molecule has 0 saturated heterocycles. The molecular formula is C19H19N3O3. The van der Waals surface area contributed by atoms with Crippen molar-refractivity contribution in [1.82, 2.24) is 5.16 Å². The second-order valence-corrected chi connectivity index (χ2v) is 5.53. The number of aryl methyl sites for hydroxylation is 1. The van der Waals surface area contributed by atoms with E-state index in [1.54, 1.807) is 20.1 Å². The van der Waals surface area contributed by atoms with Crippen molar-refractivity contribution in [2.24, 2.45) is 0 Å². The summed E-state index contributed by atoms with van der Waals surface area (Å²) in [7, 11) is 1.61. The van der Waals surface area contributed by atoms with Gasteiger partial charge in [0.05, 0.1) is 7.11 Å². The topological polar surface area (TPSA) is 76.4 Å². The number of amides is 1. The van der Waals surface area contributed by atoms with Crippen LogP contribution in [0.3, 0.4) is 0 Å². The maximum Gasteiger partial charge on any atom is 0.252 e. The molecule has 0 fully saturated rings. The van der Waals surface area contributed by atoms with Gasteiger partial charge in [0.2, 0.25) is 0 Å². The minimum atomic E-state index is -0.577. The lowest BCUT2D eigenvalue weighted by molar-refractivity contribution is -0.117. The summed E-state index contributed by atoms with van der Waals surface area (Å²) in [5, 5.41) is 9.83. The summed E-state index contributed by atoms with van der Waals surface area (Å²) in [6.07, 6.45) is 0. The first kappa shape index (κ1) is 16.6. The molecule has 25 heavy (non-hydrogen) atoms. The minimum Gasteiger partial charge on any atom is -0.497 e. The van der Waals surface area contributed by atoms with Gasteiger partial charge in [-0.25, -0.2) is 0 Å². The van der Waals surface area contributed by atoms with Gasteiger partial charge in [-0.3, -0.25) is 4.79 Å². The van der Waals surface area contributed by atoms with Gasteiger partial charge in [0, 0.05) is 11.8 Å². The lowest BCUT2D eigenvalue weighted by Crippen LogP contribution is -2.27. The van der Waals surface area contributed by atoms with E-state index in [1.807, 2.05) is 54.6 Å². The van der Waals surface area contributed by atoms with Crippen LogP contribution >= 0.6 is 0 Å². The van der Waals surface area contributed by atoms with Crippen LogP contribution in [0.4, 0.5) is 11.5 Å². The Balaban J connectivity index is 1.82. The molecule has 128 valence electrons. The lowest BCUT2D eigenvalue weighted by atomic mass is 10.1. The van der Waals surface area contributed by atoms with Gasteiger partial charge in [-0.15, -0.1) is 0 Å². The summed E-state index contributed by atoms with van der Waals surface area (Å²) >= 11 is 0. The summed E-state index contributed by atoms with van der Waals surface area (Å²) in [6, 6.07) is 18.0. The van der Waals surface area contributed by atoms with Gasteiger partial charge < -0.3 is 19.9 Å². The van der Waals surface area contributed by atoms with Gasteiger partial charge in [-0.2, -0.15) is 0 Å². The van der Waals surface area contributed by atoms with Crippen molar-refractivity contribution in [2.75, 3.05) is 17.7 Å². The van der Waals surface area contributed by atoms with Gasteiger partial charge in [0.15, 0.2) is 5.82 Å². The van der Waals surface area contributed by atoms with Crippen LogP contribution in [0.2, 0.25) is 0 Å². The van der Waals surface area contributed by atoms with Gasteiger partial charge in [0.1, 0.15) is 17.6 Å². The van der Waals surface area contributed by atoms with Crippen LogP contribution in [0.5, 0.6) is 5.75 Å². The van der Waals surface area contributed by atoms with E-state index in [0.29, 0.717) is 11.6 Å². The third-order valence-electron chi connectivity index (χ3n) is 3.68.